The van der Waals surface area contributed by atoms with Gasteiger partial charge in [-0.15, -0.1) is 11.3 Å². The highest BCUT2D eigenvalue weighted by Gasteiger charge is 2.57. The van der Waals surface area contributed by atoms with Crippen LogP contribution in [0.1, 0.15) is 62.7 Å². The maximum absolute atomic E-state index is 13.2. The van der Waals surface area contributed by atoms with Crippen molar-refractivity contribution in [2.24, 2.45) is 23.2 Å². The van der Waals surface area contributed by atoms with Crippen molar-refractivity contribution in [2.45, 2.75) is 58.4 Å². The topological polar surface area (TPSA) is 86.6 Å². The molecule has 6 heteroatoms. The first-order valence-corrected chi connectivity index (χ1v) is 12.0. The van der Waals surface area contributed by atoms with Crippen LogP contribution < -0.4 is 5.32 Å². The van der Waals surface area contributed by atoms with E-state index >= 15 is 0 Å². The van der Waals surface area contributed by atoms with Crippen LogP contribution in [0.2, 0.25) is 0 Å². The number of unbranched alkanes of at least 4 members (excludes halogenated alkanes) is 1. The van der Waals surface area contributed by atoms with Crippen LogP contribution in [0.15, 0.2) is 35.7 Å². The average molecular weight is 442 g/mol. The third kappa shape index (κ3) is 4.36. The van der Waals surface area contributed by atoms with Crippen LogP contribution in [0.25, 0.3) is 10.1 Å². The van der Waals surface area contributed by atoms with Crippen molar-refractivity contribution in [3.63, 3.8) is 0 Å². The van der Waals surface area contributed by atoms with Crippen LogP contribution in [-0.2, 0) is 4.79 Å². The molecule has 3 N–H and O–H groups in total. The Hall–Kier alpha value is -2.34. The Morgan fingerprint density at radius 2 is 2.06 bits per heavy atom. The number of phenols is 1. The first-order chi connectivity index (χ1) is 14.8. The molecule has 31 heavy (non-hydrogen) atoms. The van der Waals surface area contributed by atoms with Crippen LogP contribution in [0.3, 0.4) is 0 Å². The molecule has 1 aromatic heterocycles. The van der Waals surface area contributed by atoms with Gasteiger partial charge in [0, 0.05) is 27.9 Å². The van der Waals surface area contributed by atoms with Crippen molar-refractivity contribution in [1.29, 1.82) is 0 Å². The number of allylic oxidation sites excluding steroid dienone is 2. The minimum absolute atomic E-state index is 0.0570. The number of rotatable bonds is 8. The maximum atomic E-state index is 13.2. The molecule has 4 atom stereocenters. The smallest absolute Gasteiger partial charge is 0.303 e. The Morgan fingerprint density at radius 3 is 2.81 bits per heavy atom. The third-order valence-electron chi connectivity index (χ3n) is 7.54. The summed E-state index contributed by atoms with van der Waals surface area (Å²) in [6, 6.07) is 5.30. The van der Waals surface area contributed by atoms with Gasteiger partial charge in [0.15, 0.2) is 0 Å². The Bertz CT molecular complexity index is 1010. The molecule has 3 saturated carbocycles. The zero-order chi connectivity index (χ0) is 22.2. The molecule has 0 unspecified atom stereocenters. The van der Waals surface area contributed by atoms with Gasteiger partial charge in [0.25, 0.3) is 5.91 Å². The summed E-state index contributed by atoms with van der Waals surface area (Å²) in [7, 11) is 0. The number of carboxylic acids is 1. The number of nitrogens with one attached hydrogen (secondary N) is 1. The number of phenolic OH excluding ortho intramolecular Hbond substituents is 1. The van der Waals surface area contributed by atoms with Gasteiger partial charge in [0.1, 0.15) is 5.75 Å². The molecule has 0 aliphatic heterocycles. The quantitative estimate of drug-likeness (QED) is 0.368. The van der Waals surface area contributed by atoms with Crippen LogP contribution in [0.4, 0.5) is 0 Å². The maximum Gasteiger partial charge on any atom is 0.303 e. The lowest BCUT2D eigenvalue weighted by molar-refractivity contribution is -0.137. The zero-order valence-corrected chi connectivity index (χ0v) is 19.0. The Balaban J connectivity index is 1.46. The molecule has 0 spiro atoms. The van der Waals surface area contributed by atoms with E-state index in [4.69, 9.17) is 5.11 Å². The summed E-state index contributed by atoms with van der Waals surface area (Å²) in [5.74, 6) is 0.939. The Kier molecular flexibility index (Phi) is 6.11. The van der Waals surface area contributed by atoms with Gasteiger partial charge in [-0.1, -0.05) is 26.0 Å². The van der Waals surface area contributed by atoms with E-state index in [-0.39, 0.29) is 29.5 Å². The molecule has 1 amide bonds. The fraction of sp³-hybridized carbons (Fsp3) is 0.520. The van der Waals surface area contributed by atoms with E-state index in [9.17, 15) is 14.7 Å². The average Bonchev–Trinajstić information content (AvgIpc) is 3.13. The molecule has 3 fully saturated rings. The number of carboxylic acid groups (broad SMARTS) is 1. The van der Waals surface area contributed by atoms with Crippen LogP contribution >= 0.6 is 11.3 Å². The number of carbonyl (C=O) groups is 2. The largest absolute Gasteiger partial charge is 0.508 e. The monoisotopic (exact) mass is 441 g/mol. The second-order valence-corrected chi connectivity index (χ2v) is 10.6. The van der Waals surface area contributed by atoms with Crippen molar-refractivity contribution >= 4 is 33.3 Å². The second-order valence-electron chi connectivity index (χ2n) is 9.68. The summed E-state index contributed by atoms with van der Waals surface area (Å²) in [6.45, 7) is 4.64. The lowest BCUT2D eigenvalue weighted by atomic mass is 9.44. The molecule has 1 heterocycles. The fourth-order valence-corrected chi connectivity index (χ4v) is 6.47. The first-order valence-electron chi connectivity index (χ1n) is 11.1. The Morgan fingerprint density at radius 1 is 1.26 bits per heavy atom. The lowest BCUT2D eigenvalue weighted by Gasteiger charge is -2.62. The highest BCUT2D eigenvalue weighted by atomic mass is 32.1. The van der Waals surface area contributed by atoms with Gasteiger partial charge in [0.05, 0.1) is 5.56 Å². The minimum Gasteiger partial charge on any atom is -0.508 e. The van der Waals surface area contributed by atoms with E-state index in [0.29, 0.717) is 29.7 Å². The number of hydrogen-bond donors (Lipinski definition) is 3. The van der Waals surface area contributed by atoms with E-state index in [2.05, 4.69) is 31.3 Å². The minimum atomic E-state index is -0.750. The summed E-state index contributed by atoms with van der Waals surface area (Å²) < 4.78 is 0.997. The van der Waals surface area contributed by atoms with E-state index in [1.165, 1.54) is 17.8 Å². The molecule has 1 aromatic carbocycles. The van der Waals surface area contributed by atoms with Gasteiger partial charge in [0.2, 0.25) is 0 Å². The zero-order valence-electron chi connectivity index (χ0n) is 18.1. The van der Waals surface area contributed by atoms with Crippen LogP contribution in [0, 0.1) is 23.2 Å². The third-order valence-corrected chi connectivity index (χ3v) is 8.50. The molecule has 0 radical (unpaired) electrons. The molecule has 166 valence electrons. The van der Waals surface area contributed by atoms with Gasteiger partial charge < -0.3 is 15.5 Å². The molecule has 5 nitrogen and oxygen atoms in total. The number of aromatic hydroxyl groups is 1. The standard InChI is InChI=1S/C25H31NO4S/c1-25(2)16-11-15(7-5-3-4-6-8-22(28)29)23(20(25)12-16)26-24(30)19-14-31-21-10-9-17(27)13-18(19)21/h3,5,9-10,13-16,20,23,27H,4,6-8,11-12H2,1-2H3,(H,26,30)(H,28,29)/b5-3+/t15-,16-,20-,23+/m0/s1. The molecule has 3 aliphatic rings. The number of thiophene rings is 1. The number of hydrogen-bond acceptors (Lipinski definition) is 4. The van der Waals surface area contributed by atoms with E-state index < -0.39 is 5.97 Å². The number of fused-ring (bicyclic) bond motifs is 3. The summed E-state index contributed by atoms with van der Waals surface area (Å²) in [5.41, 5.74) is 0.882. The van der Waals surface area contributed by atoms with Gasteiger partial charge in [-0.2, -0.15) is 0 Å². The summed E-state index contributed by atoms with van der Waals surface area (Å²) >= 11 is 1.52. The Labute approximate surface area is 187 Å². The first kappa shape index (κ1) is 21.9. The van der Waals surface area contributed by atoms with E-state index in [0.717, 1.165) is 29.3 Å². The number of carbonyl (C=O) groups excluding carboxylic acids is 1. The van der Waals surface area contributed by atoms with Gasteiger partial charge in [-0.25, -0.2) is 0 Å². The molecule has 2 bridgehead atoms. The number of benzene rings is 1. The predicted octanol–water partition coefficient (Wildman–Crippen LogP) is 5.59. The van der Waals surface area contributed by atoms with Crippen molar-refractivity contribution in [3.05, 3.63) is 41.3 Å². The van der Waals surface area contributed by atoms with Gasteiger partial charge in [-0.3, -0.25) is 9.59 Å². The van der Waals surface area contributed by atoms with E-state index in [1.54, 1.807) is 12.1 Å². The van der Waals surface area contributed by atoms with Crippen molar-refractivity contribution < 1.29 is 19.8 Å². The second kappa shape index (κ2) is 8.65. The van der Waals surface area contributed by atoms with Crippen LogP contribution in [0.5, 0.6) is 5.75 Å². The normalized spacial score (nSPS) is 26.6. The molecular weight excluding hydrogens is 410 g/mol. The number of amides is 1. The summed E-state index contributed by atoms with van der Waals surface area (Å²) in [6.07, 6.45) is 9.08. The van der Waals surface area contributed by atoms with Crippen LogP contribution in [-0.4, -0.2) is 28.1 Å². The molecular formula is C25H31NO4S. The lowest BCUT2D eigenvalue weighted by Crippen LogP contribution is -2.63. The van der Waals surface area contributed by atoms with Gasteiger partial charge in [-0.05, 0) is 73.5 Å². The highest BCUT2D eigenvalue weighted by Crippen LogP contribution is 2.61. The SMILES string of the molecule is CC1(C)[C@H]2C[C@H](C/C=C/CCCC(=O)O)[C@@H](NC(=O)c3csc4ccc(O)cc34)[C@@H]1C2. The fourth-order valence-electron chi connectivity index (χ4n) is 5.55. The van der Waals surface area contributed by atoms with Crippen molar-refractivity contribution in [3.8, 4) is 5.75 Å². The van der Waals surface area contributed by atoms with Crippen molar-refractivity contribution in [1.82, 2.24) is 5.32 Å². The van der Waals surface area contributed by atoms with E-state index in [1.807, 2.05) is 11.4 Å². The molecule has 3 aliphatic carbocycles. The molecule has 5 rings (SSSR count). The predicted molar refractivity (Wildman–Crippen MR) is 123 cm³/mol. The number of aliphatic carboxylic acids is 1. The van der Waals surface area contributed by atoms with Gasteiger partial charge >= 0.3 is 5.97 Å². The molecule has 0 saturated heterocycles. The highest BCUT2D eigenvalue weighted by molar-refractivity contribution is 7.17. The summed E-state index contributed by atoms with van der Waals surface area (Å²) in [4.78, 5) is 23.9. The summed E-state index contributed by atoms with van der Waals surface area (Å²) in [5, 5.41) is 24.7. The van der Waals surface area contributed by atoms with Crippen molar-refractivity contribution in [2.75, 3.05) is 0 Å². The molecule has 2 aromatic rings.